The lowest BCUT2D eigenvalue weighted by Crippen LogP contribution is -2.27. The number of phenolic OH excluding ortho intramolecular Hbond substituents is 1. The van der Waals surface area contributed by atoms with Crippen molar-refractivity contribution in [1.82, 2.24) is 0 Å². The molecule has 1 saturated heterocycles. The number of para-hydroxylation sites is 1. The first-order chi connectivity index (χ1) is 11.6. The highest BCUT2D eigenvalue weighted by Crippen LogP contribution is 2.36. The molecule has 0 unspecified atom stereocenters. The molecule has 4 nitrogen and oxygen atoms in total. The standard InChI is InChI=1S/C18H15NO3S2/c1-2-22-15-10-12(8-9-14(15)20)11-16-17(21)19(18(23)24-16)13-6-4-3-5-7-13/h3-11,20H,2H2,1H3. The summed E-state index contributed by atoms with van der Waals surface area (Å²) in [5, 5.41) is 9.76. The molecule has 1 heterocycles. The van der Waals surface area contributed by atoms with Crippen LogP contribution in [0, 0.1) is 0 Å². The van der Waals surface area contributed by atoms with Crippen LogP contribution in [0.2, 0.25) is 0 Å². The van der Waals surface area contributed by atoms with E-state index in [1.807, 2.05) is 37.3 Å². The third kappa shape index (κ3) is 3.29. The molecule has 0 bridgehead atoms. The van der Waals surface area contributed by atoms with Crippen molar-refractivity contribution >= 4 is 46.0 Å². The summed E-state index contributed by atoms with van der Waals surface area (Å²) < 4.78 is 5.87. The van der Waals surface area contributed by atoms with Gasteiger partial charge in [0, 0.05) is 0 Å². The molecule has 0 atom stereocenters. The maximum atomic E-state index is 12.7. The second-order valence-electron chi connectivity index (χ2n) is 5.01. The van der Waals surface area contributed by atoms with Gasteiger partial charge in [-0.2, -0.15) is 0 Å². The Kier molecular flexibility index (Phi) is 4.87. The fourth-order valence-corrected chi connectivity index (χ4v) is 3.61. The number of anilines is 1. The molecule has 1 amide bonds. The summed E-state index contributed by atoms with van der Waals surface area (Å²) in [5.41, 5.74) is 1.52. The van der Waals surface area contributed by atoms with Crippen LogP contribution in [0.15, 0.2) is 53.4 Å². The lowest BCUT2D eigenvalue weighted by Gasteiger charge is -2.13. The number of ether oxygens (including phenoxy) is 1. The highest BCUT2D eigenvalue weighted by Gasteiger charge is 2.33. The average Bonchev–Trinajstić information content (AvgIpc) is 2.85. The lowest BCUT2D eigenvalue weighted by molar-refractivity contribution is -0.113. The van der Waals surface area contributed by atoms with Crippen molar-refractivity contribution in [2.45, 2.75) is 6.92 Å². The molecule has 0 radical (unpaired) electrons. The number of carbonyl (C=O) groups is 1. The van der Waals surface area contributed by atoms with Gasteiger partial charge in [0.15, 0.2) is 15.8 Å². The molecule has 122 valence electrons. The molecule has 24 heavy (non-hydrogen) atoms. The number of hydrogen-bond acceptors (Lipinski definition) is 5. The maximum absolute atomic E-state index is 12.7. The van der Waals surface area contributed by atoms with Crippen LogP contribution < -0.4 is 9.64 Å². The molecule has 0 saturated carbocycles. The molecule has 0 spiro atoms. The van der Waals surface area contributed by atoms with E-state index in [1.165, 1.54) is 16.7 Å². The third-order valence-corrected chi connectivity index (χ3v) is 4.69. The van der Waals surface area contributed by atoms with Crippen LogP contribution >= 0.6 is 24.0 Å². The summed E-state index contributed by atoms with van der Waals surface area (Å²) in [6.45, 7) is 2.30. The number of amides is 1. The van der Waals surface area contributed by atoms with E-state index < -0.39 is 0 Å². The molecule has 2 aromatic rings. The molecule has 0 aromatic heterocycles. The van der Waals surface area contributed by atoms with E-state index in [0.717, 1.165) is 11.3 Å². The Morgan fingerprint density at radius 1 is 1.25 bits per heavy atom. The molecule has 1 N–H and O–H groups in total. The lowest BCUT2D eigenvalue weighted by atomic mass is 10.2. The highest BCUT2D eigenvalue weighted by atomic mass is 32.2. The largest absolute Gasteiger partial charge is 0.504 e. The topological polar surface area (TPSA) is 49.8 Å². The van der Waals surface area contributed by atoms with Gasteiger partial charge in [0.25, 0.3) is 5.91 Å². The first-order valence-corrected chi connectivity index (χ1v) is 8.61. The van der Waals surface area contributed by atoms with Gasteiger partial charge in [-0.15, -0.1) is 0 Å². The third-order valence-electron chi connectivity index (χ3n) is 3.39. The number of hydrogen-bond donors (Lipinski definition) is 1. The van der Waals surface area contributed by atoms with E-state index >= 15 is 0 Å². The molecule has 1 aliphatic rings. The summed E-state index contributed by atoms with van der Waals surface area (Å²) in [6, 6.07) is 14.3. The van der Waals surface area contributed by atoms with Crippen LogP contribution in [-0.4, -0.2) is 21.9 Å². The van der Waals surface area contributed by atoms with Gasteiger partial charge in [-0.05, 0) is 42.8 Å². The summed E-state index contributed by atoms with van der Waals surface area (Å²) in [4.78, 5) is 14.7. The normalized spacial score (nSPS) is 16.0. The van der Waals surface area contributed by atoms with Gasteiger partial charge in [-0.3, -0.25) is 9.69 Å². The molecule has 3 rings (SSSR count). The van der Waals surface area contributed by atoms with Crippen molar-refractivity contribution in [1.29, 1.82) is 0 Å². The van der Waals surface area contributed by atoms with E-state index in [4.69, 9.17) is 17.0 Å². The Morgan fingerprint density at radius 3 is 2.71 bits per heavy atom. The first-order valence-electron chi connectivity index (χ1n) is 7.39. The van der Waals surface area contributed by atoms with E-state index in [0.29, 0.717) is 21.6 Å². The Balaban J connectivity index is 1.91. The number of nitrogens with zero attached hydrogens (tertiary/aromatic N) is 1. The van der Waals surface area contributed by atoms with Crippen LogP contribution in [0.3, 0.4) is 0 Å². The SMILES string of the molecule is CCOc1cc(C=C2SC(=S)N(c3ccccc3)C2=O)ccc1O. The van der Waals surface area contributed by atoms with Crippen molar-refractivity contribution in [3.8, 4) is 11.5 Å². The molecular formula is C18H15NO3S2. The van der Waals surface area contributed by atoms with Crippen molar-refractivity contribution in [3.63, 3.8) is 0 Å². The predicted octanol–water partition coefficient (Wildman–Crippen LogP) is 4.20. The van der Waals surface area contributed by atoms with Crippen molar-refractivity contribution < 1.29 is 14.6 Å². The number of thiocarbonyl (C=S) groups is 1. The van der Waals surface area contributed by atoms with Crippen molar-refractivity contribution in [3.05, 3.63) is 59.0 Å². The number of phenols is 1. The quantitative estimate of drug-likeness (QED) is 0.657. The number of carbonyl (C=O) groups excluding carboxylic acids is 1. The van der Waals surface area contributed by atoms with Crippen molar-refractivity contribution in [2.24, 2.45) is 0 Å². The zero-order valence-electron chi connectivity index (χ0n) is 12.9. The zero-order chi connectivity index (χ0) is 17.1. The predicted molar refractivity (Wildman–Crippen MR) is 101 cm³/mol. The summed E-state index contributed by atoms with van der Waals surface area (Å²) in [6.07, 6.45) is 1.75. The van der Waals surface area contributed by atoms with Crippen molar-refractivity contribution in [2.75, 3.05) is 11.5 Å². The minimum absolute atomic E-state index is 0.0748. The minimum Gasteiger partial charge on any atom is -0.504 e. The van der Waals surface area contributed by atoms with Crippen LogP contribution in [0.25, 0.3) is 6.08 Å². The molecule has 2 aromatic carbocycles. The van der Waals surface area contributed by atoms with Gasteiger partial charge in [-0.25, -0.2) is 0 Å². The fraction of sp³-hybridized carbons (Fsp3) is 0.111. The Bertz CT molecular complexity index is 818. The highest BCUT2D eigenvalue weighted by molar-refractivity contribution is 8.27. The van der Waals surface area contributed by atoms with Crippen LogP contribution in [-0.2, 0) is 4.79 Å². The van der Waals surface area contributed by atoms with Crippen LogP contribution in [0.5, 0.6) is 11.5 Å². The Hall–Kier alpha value is -2.31. The second-order valence-corrected chi connectivity index (χ2v) is 6.69. The number of rotatable bonds is 4. The molecule has 1 aliphatic heterocycles. The molecular weight excluding hydrogens is 342 g/mol. The van der Waals surface area contributed by atoms with E-state index in [-0.39, 0.29) is 11.7 Å². The maximum Gasteiger partial charge on any atom is 0.270 e. The Labute approximate surface area is 149 Å². The zero-order valence-corrected chi connectivity index (χ0v) is 14.6. The number of aromatic hydroxyl groups is 1. The minimum atomic E-state index is -0.151. The van der Waals surface area contributed by atoms with Gasteiger partial charge in [0.1, 0.15) is 0 Å². The van der Waals surface area contributed by atoms with Gasteiger partial charge in [0.2, 0.25) is 0 Å². The summed E-state index contributed by atoms with van der Waals surface area (Å²) in [5.74, 6) is 0.317. The second kappa shape index (κ2) is 7.07. The van der Waals surface area contributed by atoms with Gasteiger partial charge in [0.05, 0.1) is 17.2 Å². The van der Waals surface area contributed by atoms with Gasteiger partial charge < -0.3 is 9.84 Å². The smallest absolute Gasteiger partial charge is 0.270 e. The molecule has 1 fully saturated rings. The fourth-order valence-electron chi connectivity index (χ4n) is 2.31. The van der Waals surface area contributed by atoms with E-state index in [2.05, 4.69) is 0 Å². The van der Waals surface area contributed by atoms with E-state index in [9.17, 15) is 9.90 Å². The van der Waals surface area contributed by atoms with Gasteiger partial charge in [-0.1, -0.05) is 48.2 Å². The molecule has 6 heteroatoms. The number of thioether (sulfide) groups is 1. The summed E-state index contributed by atoms with van der Waals surface area (Å²) in [7, 11) is 0. The van der Waals surface area contributed by atoms with Crippen LogP contribution in [0.1, 0.15) is 12.5 Å². The monoisotopic (exact) mass is 357 g/mol. The molecule has 0 aliphatic carbocycles. The average molecular weight is 357 g/mol. The first kappa shape index (κ1) is 16.5. The number of benzene rings is 2. The van der Waals surface area contributed by atoms with E-state index in [1.54, 1.807) is 24.3 Å². The summed E-state index contributed by atoms with van der Waals surface area (Å²) >= 11 is 6.60. The Morgan fingerprint density at radius 2 is 2.00 bits per heavy atom. The van der Waals surface area contributed by atoms with Gasteiger partial charge >= 0.3 is 0 Å². The van der Waals surface area contributed by atoms with Crippen LogP contribution in [0.4, 0.5) is 5.69 Å².